The van der Waals surface area contributed by atoms with Crippen molar-refractivity contribution in [2.24, 2.45) is 5.73 Å². The Morgan fingerprint density at radius 1 is 0.929 bits per heavy atom. The summed E-state index contributed by atoms with van der Waals surface area (Å²) in [6.07, 6.45) is 0. The van der Waals surface area contributed by atoms with Crippen molar-refractivity contribution in [3.8, 4) is 0 Å². The summed E-state index contributed by atoms with van der Waals surface area (Å²) < 4.78 is 0. The normalized spacial score (nSPS) is 10.3. The van der Waals surface area contributed by atoms with E-state index in [4.69, 9.17) is 11.1 Å². The number of benzene rings is 3. The van der Waals surface area contributed by atoms with Gasteiger partial charge >= 0.3 is 0 Å². The Labute approximate surface area is 165 Å². The predicted octanol–water partition coefficient (Wildman–Crippen LogP) is 3.82. The first-order chi connectivity index (χ1) is 13.5. The standard InChI is InChI=1S/C23H24N4O/c1-16-6-5-9-19(12-16)23(28)27-15-20-11-10-18(22(24)25)13-21(20)26-14-17-7-3-2-4-8-17/h2-13,26H,14-15H2,1H3,(H3,24,25)(H,27,28). The molecular formula is C23H24N4O. The highest BCUT2D eigenvalue weighted by Gasteiger charge is 2.09. The fourth-order valence-electron chi connectivity index (χ4n) is 2.92. The number of anilines is 1. The van der Waals surface area contributed by atoms with E-state index in [1.54, 1.807) is 12.1 Å². The lowest BCUT2D eigenvalue weighted by Gasteiger charge is -2.15. The Bertz CT molecular complexity index is 983. The number of carbonyl (C=O) groups is 1. The molecule has 3 aromatic carbocycles. The number of hydrogen-bond donors (Lipinski definition) is 4. The number of carbonyl (C=O) groups excluding carboxylic acids is 1. The number of hydrogen-bond acceptors (Lipinski definition) is 3. The van der Waals surface area contributed by atoms with E-state index in [9.17, 15) is 4.79 Å². The lowest BCUT2D eigenvalue weighted by Crippen LogP contribution is -2.23. The molecule has 0 saturated heterocycles. The van der Waals surface area contributed by atoms with Crippen LogP contribution in [0.25, 0.3) is 0 Å². The molecule has 5 heteroatoms. The second-order valence-electron chi connectivity index (χ2n) is 6.68. The molecule has 142 valence electrons. The van der Waals surface area contributed by atoms with Gasteiger partial charge in [-0.25, -0.2) is 0 Å². The van der Waals surface area contributed by atoms with Gasteiger partial charge in [0, 0.05) is 29.9 Å². The van der Waals surface area contributed by atoms with Crippen LogP contribution in [0.2, 0.25) is 0 Å². The molecule has 0 saturated carbocycles. The molecule has 0 aliphatic heterocycles. The van der Waals surface area contributed by atoms with E-state index >= 15 is 0 Å². The fraction of sp³-hybridized carbons (Fsp3) is 0.130. The fourth-order valence-corrected chi connectivity index (χ4v) is 2.92. The van der Waals surface area contributed by atoms with Crippen molar-refractivity contribution in [2.75, 3.05) is 5.32 Å². The highest BCUT2D eigenvalue weighted by molar-refractivity contribution is 5.96. The smallest absolute Gasteiger partial charge is 0.251 e. The van der Waals surface area contributed by atoms with E-state index in [2.05, 4.69) is 10.6 Å². The second kappa shape index (κ2) is 8.86. The molecule has 0 bridgehead atoms. The van der Waals surface area contributed by atoms with Gasteiger partial charge in [0.25, 0.3) is 5.91 Å². The van der Waals surface area contributed by atoms with E-state index in [0.717, 1.165) is 22.4 Å². The summed E-state index contributed by atoms with van der Waals surface area (Å²) in [7, 11) is 0. The zero-order chi connectivity index (χ0) is 19.9. The third kappa shape index (κ3) is 4.98. The van der Waals surface area contributed by atoms with Gasteiger partial charge in [0.2, 0.25) is 0 Å². The van der Waals surface area contributed by atoms with E-state index in [0.29, 0.717) is 24.2 Å². The Hall–Kier alpha value is -3.60. The van der Waals surface area contributed by atoms with Gasteiger partial charge in [0.1, 0.15) is 5.84 Å². The molecule has 3 aromatic rings. The molecule has 5 nitrogen and oxygen atoms in total. The van der Waals surface area contributed by atoms with Gasteiger partial charge in [-0.15, -0.1) is 0 Å². The molecule has 0 heterocycles. The van der Waals surface area contributed by atoms with E-state index < -0.39 is 0 Å². The molecule has 0 fully saturated rings. The van der Waals surface area contributed by atoms with Crippen LogP contribution in [0.5, 0.6) is 0 Å². The zero-order valence-electron chi connectivity index (χ0n) is 15.8. The maximum Gasteiger partial charge on any atom is 0.251 e. The van der Waals surface area contributed by atoms with Crippen LogP contribution in [-0.4, -0.2) is 11.7 Å². The highest BCUT2D eigenvalue weighted by Crippen LogP contribution is 2.19. The number of nitrogens with one attached hydrogen (secondary N) is 3. The summed E-state index contributed by atoms with van der Waals surface area (Å²) in [4.78, 5) is 12.5. The summed E-state index contributed by atoms with van der Waals surface area (Å²) in [5, 5.41) is 14.0. The van der Waals surface area contributed by atoms with Gasteiger partial charge < -0.3 is 16.4 Å². The number of rotatable bonds is 7. The first-order valence-corrected chi connectivity index (χ1v) is 9.13. The van der Waals surface area contributed by atoms with E-state index in [1.807, 2.05) is 67.6 Å². The second-order valence-corrected chi connectivity index (χ2v) is 6.68. The Balaban J connectivity index is 1.75. The quantitative estimate of drug-likeness (QED) is 0.375. The third-order valence-electron chi connectivity index (χ3n) is 4.47. The first-order valence-electron chi connectivity index (χ1n) is 9.13. The first kappa shape index (κ1) is 19.2. The van der Waals surface area contributed by atoms with Crippen molar-refractivity contribution < 1.29 is 4.79 Å². The maximum atomic E-state index is 12.5. The van der Waals surface area contributed by atoms with Crippen molar-refractivity contribution in [1.29, 1.82) is 5.41 Å². The minimum absolute atomic E-state index is 0.0121. The van der Waals surface area contributed by atoms with Crippen molar-refractivity contribution in [3.63, 3.8) is 0 Å². The Morgan fingerprint density at radius 3 is 2.43 bits per heavy atom. The lowest BCUT2D eigenvalue weighted by atomic mass is 10.1. The van der Waals surface area contributed by atoms with Crippen molar-refractivity contribution >= 4 is 17.4 Å². The highest BCUT2D eigenvalue weighted by atomic mass is 16.1. The minimum atomic E-state index is -0.117. The number of amidine groups is 1. The van der Waals surface area contributed by atoms with Gasteiger partial charge in [-0.05, 0) is 36.2 Å². The minimum Gasteiger partial charge on any atom is -0.384 e. The topological polar surface area (TPSA) is 91.0 Å². The molecular weight excluding hydrogens is 348 g/mol. The van der Waals surface area contributed by atoms with Crippen LogP contribution in [-0.2, 0) is 13.1 Å². The third-order valence-corrected chi connectivity index (χ3v) is 4.47. The molecule has 0 atom stereocenters. The zero-order valence-corrected chi connectivity index (χ0v) is 15.8. The lowest BCUT2D eigenvalue weighted by molar-refractivity contribution is 0.0951. The van der Waals surface area contributed by atoms with Crippen molar-refractivity contribution in [2.45, 2.75) is 20.0 Å². The van der Waals surface area contributed by atoms with Crippen LogP contribution >= 0.6 is 0 Å². The molecule has 5 N–H and O–H groups in total. The van der Waals surface area contributed by atoms with Gasteiger partial charge in [-0.1, -0.05) is 60.2 Å². The number of nitrogens with two attached hydrogens (primary N) is 1. The SMILES string of the molecule is Cc1cccc(C(=O)NCc2ccc(C(=N)N)cc2NCc2ccccc2)c1. The van der Waals surface area contributed by atoms with Gasteiger partial charge in [-0.2, -0.15) is 0 Å². The molecule has 0 radical (unpaired) electrons. The van der Waals surface area contributed by atoms with E-state index in [1.165, 1.54) is 0 Å². The largest absolute Gasteiger partial charge is 0.384 e. The van der Waals surface area contributed by atoms with Crippen LogP contribution in [0.4, 0.5) is 5.69 Å². The van der Waals surface area contributed by atoms with Gasteiger partial charge in [-0.3, -0.25) is 10.2 Å². The summed E-state index contributed by atoms with van der Waals surface area (Å²) in [5.74, 6) is -0.105. The number of aryl methyl sites for hydroxylation is 1. The summed E-state index contributed by atoms with van der Waals surface area (Å²) in [5.41, 5.74) is 10.9. The van der Waals surface area contributed by atoms with E-state index in [-0.39, 0.29) is 11.7 Å². The molecule has 28 heavy (non-hydrogen) atoms. The van der Waals surface area contributed by atoms with Crippen LogP contribution in [0.15, 0.2) is 72.8 Å². The number of amides is 1. The van der Waals surface area contributed by atoms with Gasteiger partial charge in [0.05, 0.1) is 0 Å². The Kier molecular flexibility index (Phi) is 6.07. The maximum absolute atomic E-state index is 12.5. The molecule has 0 unspecified atom stereocenters. The van der Waals surface area contributed by atoms with Gasteiger partial charge in [0.15, 0.2) is 0 Å². The van der Waals surface area contributed by atoms with Crippen LogP contribution in [0.1, 0.15) is 32.6 Å². The monoisotopic (exact) mass is 372 g/mol. The summed E-state index contributed by atoms with van der Waals surface area (Å²) in [6.45, 7) is 2.98. The Morgan fingerprint density at radius 2 is 1.71 bits per heavy atom. The summed E-state index contributed by atoms with van der Waals surface area (Å²) >= 11 is 0. The molecule has 0 aromatic heterocycles. The van der Waals surface area contributed by atoms with Crippen LogP contribution in [0.3, 0.4) is 0 Å². The summed E-state index contributed by atoms with van der Waals surface area (Å²) in [6, 6.07) is 23.1. The molecule has 0 aliphatic rings. The number of nitrogen functional groups attached to an aromatic ring is 1. The van der Waals surface area contributed by atoms with Crippen molar-refractivity contribution in [1.82, 2.24) is 5.32 Å². The predicted molar refractivity (Wildman–Crippen MR) is 114 cm³/mol. The average Bonchev–Trinajstić information content (AvgIpc) is 2.71. The van der Waals surface area contributed by atoms with Crippen molar-refractivity contribution in [3.05, 3.63) is 101 Å². The average molecular weight is 372 g/mol. The molecule has 0 aliphatic carbocycles. The van der Waals surface area contributed by atoms with Crippen LogP contribution < -0.4 is 16.4 Å². The van der Waals surface area contributed by atoms with Crippen LogP contribution in [0, 0.1) is 12.3 Å². The molecule has 1 amide bonds. The molecule has 3 rings (SSSR count). The molecule has 0 spiro atoms.